The number of aliphatic carboxylic acids is 1. The molecule has 6 atom stereocenters. The SMILES string of the molecule is C=CCOC(=O)NCCCC[C@H](NC(=O)OCC1c2ccccc2-c2ccccc21)C(=O)N[C@@H](CCC(=O)OC(C)(C)C)C(=O)N[C@@H](Cc1ccccc1)C(=O)N[C@H](C(=O)N[C@@H](C)C(=O)O)[C@@H](C)CC. The zero-order chi connectivity index (χ0) is 51.4. The molecule has 0 fully saturated rings. The minimum atomic E-state index is -1.47. The van der Waals surface area contributed by atoms with Gasteiger partial charge in [-0.3, -0.25) is 28.8 Å². The highest BCUT2D eigenvalue weighted by Crippen LogP contribution is 2.44. The average molecular weight is 969 g/mol. The van der Waals surface area contributed by atoms with E-state index >= 15 is 0 Å². The normalized spacial score (nSPS) is 14.3. The summed E-state index contributed by atoms with van der Waals surface area (Å²) in [6.07, 6.45) is 0.303. The number of carboxylic acid groups (broad SMARTS) is 1. The Morgan fingerprint density at radius 2 is 1.26 bits per heavy atom. The van der Waals surface area contributed by atoms with Gasteiger partial charge in [0.2, 0.25) is 23.6 Å². The number of alkyl carbamates (subject to hydrolysis) is 2. The standard InChI is InChI=1S/C52H68N6O12/c1-8-29-68-50(66)53-28-18-17-25-40(57-51(67)69-31-39-37-23-15-13-21-35(37)36-22-14-16-24-38(36)39)45(60)55-41(26-27-43(59)70-52(5,6)7)46(61)56-42(30-34-19-11-10-12-20-34)47(62)58-44(32(3)9-2)48(63)54-33(4)49(64)65/h8,10-16,19-24,32-33,39-42,44H,1,9,17-18,25-31H2,2-7H3,(H,53,66)(H,54,63)(H,55,60)(H,56,61)(H,57,67)(H,58,62)(H,64,65)/t32-,33-,40-,41-,42-,44-/m0/s1. The highest BCUT2D eigenvalue weighted by Gasteiger charge is 2.35. The van der Waals surface area contributed by atoms with Gasteiger partial charge in [-0.25, -0.2) is 9.59 Å². The molecular weight excluding hydrogens is 901 g/mol. The molecule has 0 heterocycles. The van der Waals surface area contributed by atoms with Crippen molar-refractivity contribution in [1.82, 2.24) is 31.9 Å². The van der Waals surface area contributed by atoms with Crippen molar-refractivity contribution in [2.45, 2.75) is 128 Å². The Labute approximate surface area is 409 Å². The number of benzene rings is 3. The van der Waals surface area contributed by atoms with Crippen LogP contribution in [0.2, 0.25) is 0 Å². The third-order valence-electron chi connectivity index (χ3n) is 11.6. The lowest BCUT2D eigenvalue weighted by atomic mass is 9.96. The van der Waals surface area contributed by atoms with Crippen LogP contribution < -0.4 is 31.9 Å². The number of hydrogen-bond donors (Lipinski definition) is 7. The molecule has 18 nitrogen and oxygen atoms in total. The first-order chi connectivity index (χ1) is 33.3. The number of amides is 6. The lowest BCUT2D eigenvalue weighted by molar-refractivity contribution is -0.155. The van der Waals surface area contributed by atoms with Gasteiger partial charge in [-0.1, -0.05) is 112 Å². The zero-order valence-electron chi connectivity index (χ0n) is 40.8. The summed E-state index contributed by atoms with van der Waals surface area (Å²) in [5.74, 6) is -5.84. The van der Waals surface area contributed by atoms with Crippen molar-refractivity contribution in [1.29, 1.82) is 0 Å². The van der Waals surface area contributed by atoms with E-state index in [1.54, 1.807) is 65.0 Å². The molecule has 6 amide bonds. The molecule has 18 heteroatoms. The fourth-order valence-electron chi connectivity index (χ4n) is 7.75. The van der Waals surface area contributed by atoms with Crippen LogP contribution in [0, 0.1) is 5.92 Å². The topological polar surface area (TPSA) is 257 Å². The molecule has 70 heavy (non-hydrogen) atoms. The predicted molar refractivity (Wildman–Crippen MR) is 261 cm³/mol. The zero-order valence-corrected chi connectivity index (χ0v) is 40.8. The quantitative estimate of drug-likeness (QED) is 0.0230. The molecule has 0 spiro atoms. The second-order valence-corrected chi connectivity index (χ2v) is 18.2. The number of rotatable bonds is 26. The molecule has 7 N–H and O–H groups in total. The van der Waals surface area contributed by atoms with Crippen molar-refractivity contribution in [2.75, 3.05) is 19.8 Å². The molecule has 378 valence electrons. The summed E-state index contributed by atoms with van der Waals surface area (Å²) in [6, 6.07) is 17.8. The first kappa shape index (κ1) is 55.4. The Morgan fingerprint density at radius 1 is 0.686 bits per heavy atom. The van der Waals surface area contributed by atoms with E-state index in [1.807, 2.05) is 48.5 Å². The monoisotopic (exact) mass is 968 g/mol. The maximum Gasteiger partial charge on any atom is 0.407 e. The first-order valence-corrected chi connectivity index (χ1v) is 23.6. The van der Waals surface area contributed by atoms with Crippen LogP contribution in [0.5, 0.6) is 0 Å². The Bertz CT molecular complexity index is 2250. The molecule has 4 rings (SSSR count). The van der Waals surface area contributed by atoms with Crippen molar-refractivity contribution in [3.63, 3.8) is 0 Å². The molecule has 0 aliphatic heterocycles. The fourth-order valence-corrected chi connectivity index (χ4v) is 7.75. The summed E-state index contributed by atoms with van der Waals surface area (Å²) < 4.78 is 16.2. The first-order valence-electron chi connectivity index (χ1n) is 23.6. The van der Waals surface area contributed by atoms with Gasteiger partial charge in [0, 0.05) is 25.3 Å². The molecule has 0 saturated heterocycles. The van der Waals surface area contributed by atoms with Crippen LogP contribution in [0.4, 0.5) is 9.59 Å². The van der Waals surface area contributed by atoms with Crippen LogP contribution in [0.3, 0.4) is 0 Å². The van der Waals surface area contributed by atoms with Crippen molar-refractivity contribution < 1.29 is 57.7 Å². The Morgan fingerprint density at radius 3 is 1.84 bits per heavy atom. The van der Waals surface area contributed by atoms with Gasteiger partial charge in [0.05, 0.1) is 0 Å². The second kappa shape index (κ2) is 27.1. The van der Waals surface area contributed by atoms with Crippen LogP contribution in [0.1, 0.15) is 103 Å². The van der Waals surface area contributed by atoms with E-state index in [2.05, 4.69) is 38.5 Å². The smallest absolute Gasteiger partial charge is 0.407 e. The number of esters is 1. The minimum absolute atomic E-state index is 0.0160. The lowest BCUT2D eigenvalue weighted by Gasteiger charge is -2.29. The predicted octanol–water partition coefficient (Wildman–Crippen LogP) is 5.43. The molecule has 0 saturated carbocycles. The van der Waals surface area contributed by atoms with Gasteiger partial charge < -0.3 is 51.2 Å². The van der Waals surface area contributed by atoms with E-state index in [1.165, 1.54) is 13.0 Å². The van der Waals surface area contributed by atoms with Gasteiger partial charge in [-0.05, 0) is 87.1 Å². The number of fused-ring (bicyclic) bond motifs is 3. The largest absolute Gasteiger partial charge is 0.480 e. The van der Waals surface area contributed by atoms with Gasteiger partial charge in [-0.2, -0.15) is 0 Å². The maximum atomic E-state index is 14.5. The molecule has 1 aliphatic carbocycles. The fraction of sp³-hybridized carbons (Fsp3) is 0.462. The Balaban J connectivity index is 1.60. The number of carbonyl (C=O) groups is 8. The van der Waals surface area contributed by atoms with Crippen molar-refractivity contribution >= 4 is 47.8 Å². The molecule has 0 bridgehead atoms. The average Bonchev–Trinajstić information content (AvgIpc) is 3.64. The molecule has 0 aromatic heterocycles. The van der Waals surface area contributed by atoms with Crippen molar-refractivity contribution in [2.24, 2.45) is 5.92 Å². The van der Waals surface area contributed by atoms with Gasteiger partial charge in [0.25, 0.3) is 0 Å². The summed E-state index contributed by atoms with van der Waals surface area (Å²) in [5, 5.41) is 25.2. The minimum Gasteiger partial charge on any atom is -0.480 e. The third-order valence-corrected chi connectivity index (χ3v) is 11.6. The Kier molecular flexibility index (Phi) is 21.4. The number of ether oxygens (including phenoxy) is 3. The molecule has 0 unspecified atom stereocenters. The van der Waals surface area contributed by atoms with Crippen LogP contribution in [-0.2, 0) is 49.4 Å². The number of carbonyl (C=O) groups excluding carboxylic acids is 7. The van der Waals surface area contributed by atoms with Gasteiger partial charge in [0.1, 0.15) is 49.0 Å². The van der Waals surface area contributed by atoms with E-state index < -0.39 is 89.5 Å². The summed E-state index contributed by atoms with van der Waals surface area (Å²) >= 11 is 0. The van der Waals surface area contributed by atoms with E-state index in [0.29, 0.717) is 24.8 Å². The number of nitrogens with one attached hydrogen (secondary N) is 6. The Hall–Kier alpha value is -7.24. The van der Waals surface area contributed by atoms with E-state index in [0.717, 1.165) is 22.3 Å². The van der Waals surface area contributed by atoms with Crippen molar-refractivity contribution in [3.8, 4) is 11.1 Å². The molecule has 1 aliphatic rings. The van der Waals surface area contributed by atoms with Gasteiger partial charge in [0.15, 0.2) is 0 Å². The summed E-state index contributed by atoms with van der Waals surface area (Å²) in [4.78, 5) is 107. The lowest BCUT2D eigenvalue weighted by Crippen LogP contribution is -2.60. The number of unbranched alkanes of at least 4 members (excludes halogenated alkanes) is 1. The summed E-state index contributed by atoms with van der Waals surface area (Å²) in [7, 11) is 0. The van der Waals surface area contributed by atoms with Crippen molar-refractivity contribution in [3.05, 3.63) is 108 Å². The maximum absolute atomic E-state index is 14.5. The molecular formula is C52H68N6O12. The van der Waals surface area contributed by atoms with Crippen LogP contribution in [0.25, 0.3) is 11.1 Å². The third kappa shape index (κ3) is 17.4. The number of hydrogen-bond acceptors (Lipinski definition) is 11. The van der Waals surface area contributed by atoms with Gasteiger partial charge in [-0.15, -0.1) is 0 Å². The highest BCUT2D eigenvalue weighted by atomic mass is 16.6. The summed E-state index contributed by atoms with van der Waals surface area (Å²) in [6.45, 7) is 13.5. The number of carboxylic acids is 1. The summed E-state index contributed by atoms with van der Waals surface area (Å²) in [5.41, 5.74) is 3.78. The highest BCUT2D eigenvalue weighted by molar-refractivity contribution is 5.96. The van der Waals surface area contributed by atoms with E-state index in [-0.39, 0.29) is 51.4 Å². The van der Waals surface area contributed by atoms with Gasteiger partial charge >= 0.3 is 24.1 Å². The van der Waals surface area contributed by atoms with E-state index in [9.17, 15) is 43.5 Å². The van der Waals surface area contributed by atoms with Crippen LogP contribution in [-0.4, -0.2) is 108 Å². The van der Waals surface area contributed by atoms with Crippen LogP contribution in [0.15, 0.2) is 91.5 Å². The van der Waals surface area contributed by atoms with Crippen LogP contribution >= 0.6 is 0 Å². The van der Waals surface area contributed by atoms with E-state index in [4.69, 9.17) is 14.2 Å². The second-order valence-electron chi connectivity index (χ2n) is 18.2. The molecule has 3 aromatic rings. The molecule has 3 aromatic carbocycles. The molecule has 0 radical (unpaired) electrons.